The fraction of sp³-hybridized carbons (Fsp3) is 0.136. The molecule has 1 atom stereocenters. The third-order valence-corrected chi connectivity index (χ3v) is 4.97. The Kier molecular flexibility index (Phi) is 4.55. The Labute approximate surface area is 177 Å². The molecular formula is C22H19N7O2. The van der Waals surface area contributed by atoms with Gasteiger partial charge in [0.1, 0.15) is 17.6 Å². The Balaban J connectivity index is 1.59. The first-order valence-electron chi connectivity index (χ1n) is 9.72. The van der Waals surface area contributed by atoms with Crippen LogP contribution in [-0.4, -0.2) is 30.6 Å². The number of carbonyl (C=O) groups excluding carboxylic acids is 1. The molecule has 0 spiro atoms. The molecule has 2 N–H and O–H groups in total. The Morgan fingerprint density at radius 1 is 1.10 bits per heavy atom. The average molecular weight is 413 g/mol. The number of anilines is 2. The number of furan rings is 1. The number of fused-ring (bicyclic) bond motifs is 1. The molecule has 154 valence electrons. The number of hydrogen-bond donors (Lipinski definition) is 2. The number of nitrogens with zero attached hydrogens (tertiary/aromatic N) is 5. The quantitative estimate of drug-likeness (QED) is 0.526. The Morgan fingerprint density at radius 2 is 1.90 bits per heavy atom. The van der Waals surface area contributed by atoms with Crippen molar-refractivity contribution in [3.05, 3.63) is 84.0 Å². The van der Waals surface area contributed by atoms with Crippen LogP contribution in [0.2, 0.25) is 0 Å². The van der Waals surface area contributed by atoms with Crippen molar-refractivity contribution >= 4 is 17.5 Å². The molecule has 0 saturated heterocycles. The van der Waals surface area contributed by atoms with Crippen LogP contribution in [0.15, 0.2) is 76.9 Å². The van der Waals surface area contributed by atoms with Gasteiger partial charge in [0.05, 0.1) is 17.5 Å². The van der Waals surface area contributed by atoms with Crippen molar-refractivity contribution in [1.29, 1.82) is 0 Å². The summed E-state index contributed by atoms with van der Waals surface area (Å²) >= 11 is 0. The van der Waals surface area contributed by atoms with Crippen molar-refractivity contribution in [2.45, 2.75) is 19.9 Å². The summed E-state index contributed by atoms with van der Waals surface area (Å²) in [7, 11) is 0. The number of carbonyl (C=O) groups is 1. The minimum absolute atomic E-state index is 0.277. The van der Waals surface area contributed by atoms with Crippen LogP contribution < -0.4 is 10.6 Å². The third kappa shape index (κ3) is 3.46. The Bertz CT molecular complexity index is 1280. The first kappa shape index (κ1) is 18.7. The smallest absolute Gasteiger partial charge is 0.256 e. The van der Waals surface area contributed by atoms with Gasteiger partial charge in [0, 0.05) is 29.9 Å². The predicted molar refractivity (Wildman–Crippen MR) is 114 cm³/mol. The zero-order valence-electron chi connectivity index (χ0n) is 16.9. The van der Waals surface area contributed by atoms with Crippen molar-refractivity contribution in [3.63, 3.8) is 0 Å². The molecule has 1 aliphatic heterocycles. The van der Waals surface area contributed by atoms with E-state index in [4.69, 9.17) is 4.42 Å². The third-order valence-electron chi connectivity index (χ3n) is 4.97. The molecule has 0 bridgehead atoms. The van der Waals surface area contributed by atoms with Crippen LogP contribution in [0.3, 0.4) is 0 Å². The SMILES string of the molecule is CC1=C(C(=O)Nc2cccnc2)C(c2ccc(C)o2)n2nc(-c3cccnc3)nc2N1. The van der Waals surface area contributed by atoms with Crippen molar-refractivity contribution in [2.75, 3.05) is 10.6 Å². The van der Waals surface area contributed by atoms with Gasteiger partial charge in [-0.2, -0.15) is 4.98 Å². The summed E-state index contributed by atoms with van der Waals surface area (Å²) in [6.07, 6.45) is 6.64. The maximum atomic E-state index is 13.3. The number of nitrogens with one attached hydrogen (secondary N) is 2. The van der Waals surface area contributed by atoms with Gasteiger partial charge in [-0.3, -0.25) is 14.8 Å². The summed E-state index contributed by atoms with van der Waals surface area (Å²) in [5.74, 6) is 2.09. The van der Waals surface area contributed by atoms with Gasteiger partial charge in [-0.05, 0) is 50.2 Å². The van der Waals surface area contributed by atoms with Gasteiger partial charge in [0.2, 0.25) is 5.95 Å². The van der Waals surface area contributed by atoms with Crippen LogP contribution in [-0.2, 0) is 4.79 Å². The summed E-state index contributed by atoms with van der Waals surface area (Å²) in [5.41, 5.74) is 2.52. The zero-order chi connectivity index (χ0) is 21.4. The molecule has 1 amide bonds. The van der Waals surface area contributed by atoms with E-state index in [-0.39, 0.29) is 5.91 Å². The lowest BCUT2D eigenvalue weighted by molar-refractivity contribution is -0.113. The molecule has 4 aromatic heterocycles. The maximum absolute atomic E-state index is 13.3. The van der Waals surface area contributed by atoms with Gasteiger partial charge in [-0.25, -0.2) is 4.68 Å². The molecular weight excluding hydrogens is 394 g/mol. The minimum Gasteiger partial charge on any atom is -0.464 e. The topological polar surface area (TPSA) is 111 Å². The standard InChI is InChI=1S/C22H19N7O2/c1-13-7-8-17(31-13)19-18(21(30)26-16-6-4-10-24-12-16)14(2)25-22-27-20(28-29(19)22)15-5-3-9-23-11-15/h3-12,19H,1-2H3,(H,26,30)(H,25,27,28). The van der Waals surface area contributed by atoms with Gasteiger partial charge in [-0.15, -0.1) is 5.10 Å². The molecule has 5 rings (SSSR count). The lowest BCUT2D eigenvalue weighted by atomic mass is 10.00. The van der Waals surface area contributed by atoms with Crippen LogP contribution in [0.5, 0.6) is 0 Å². The molecule has 31 heavy (non-hydrogen) atoms. The predicted octanol–water partition coefficient (Wildman–Crippen LogP) is 3.56. The fourth-order valence-corrected chi connectivity index (χ4v) is 3.56. The van der Waals surface area contributed by atoms with Gasteiger partial charge in [0.15, 0.2) is 5.82 Å². The second-order valence-corrected chi connectivity index (χ2v) is 7.16. The van der Waals surface area contributed by atoms with E-state index in [1.807, 2.05) is 38.1 Å². The van der Waals surface area contributed by atoms with E-state index in [1.165, 1.54) is 0 Å². The maximum Gasteiger partial charge on any atom is 0.256 e. The molecule has 9 heteroatoms. The van der Waals surface area contributed by atoms with Gasteiger partial charge in [-0.1, -0.05) is 0 Å². The summed E-state index contributed by atoms with van der Waals surface area (Å²) in [4.78, 5) is 26.1. The van der Waals surface area contributed by atoms with Crippen molar-refractivity contribution in [3.8, 4) is 11.4 Å². The number of amides is 1. The molecule has 5 heterocycles. The summed E-state index contributed by atoms with van der Waals surface area (Å²) in [5, 5.41) is 10.8. The van der Waals surface area contributed by atoms with E-state index in [2.05, 4.69) is 30.7 Å². The van der Waals surface area contributed by atoms with E-state index in [1.54, 1.807) is 41.6 Å². The van der Waals surface area contributed by atoms with E-state index < -0.39 is 6.04 Å². The van der Waals surface area contributed by atoms with E-state index in [9.17, 15) is 4.79 Å². The molecule has 0 fully saturated rings. The molecule has 0 saturated carbocycles. The molecule has 1 aliphatic rings. The van der Waals surface area contributed by atoms with Crippen LogP contribution in [0.4, 0.5) is 11.6 Å². The summed E-state index contributed by atoms with van der Waals surface area (Å²) in [6.45, 7) is 3.70. The highest BCUT2D eigenvalue weighted by Crippen LogP contribution is 2.37. The fourth-order valence-electron chi connectivity index (χ4n) is 3.56. The van der Waals surface area contributed by atoms with Crippen molar-refractivity contribution in [2.24, 2.45) is 0 Å². The second-order valence-electron chi connectivity index (χ2n) is 7.16. The van der Waals surface area contributed by atoms with E-state index in [0.29, 0.717) is 34.5 Å². The van der Waals surface area contributed by atoms with Gasteiger partial charge in [0.25, 0.3) is 5.91 Å². The van der Waals surface area contributed by atoms with Crippen LogP contribution >= 0.6 is 0 Å². The molecule has 0 aliphatic carbocycles. The van der Waals surface area contributed by atoms with Gasteiger partial charge < -0.3 is 15.1 Å². The number of rotatable bonds is 4. The summed E-state index contributed by atoms with van der Waals surface area (Å²) in [6, 6.07) is 10.4. The lowest BCUT2D eigenvalue weighted by Crippen LogP contribution is -2.31. The molecule has 9 nitrogen and oxygen atoms in total. The van der Waals surface area contributed by atoms with Gasteiger partial charge >= 0.3 is 0 Å². The highest BCUT2D eigenvalue weighted by molar-refractivity contribution is 6.05. The number of pyridine rings is 2. The second kappa shape index (κ2) is 7.52. The average Bonchev–Trinajstić information content (AvgIpc) is 3.40. The molecule has 1 unspecified atom stereocenters. The molecule has 0 aromatic carbocycles. The minimum atomic E-state index is -0.584. The number of aryl methyl sites for hydroxylation is 1. The number of allylic oxidation sites excluding steroid dienone is 1. The summed E-state index contributed by atoms with van der Waals surface area (Å²) < 4.78 is 7.59. The molecule has 4 aromatic rings. The highest BCUT2D eigenvalue weighted by atomic mass is 16.3. The largest absolute Gasteiger partial charge is 0.464 e. The Hall–Kier alpha value is -4.27. The number of hydrogen-bond acceptors (Lipinski definition) is 7. The van der Waals surface area contributed by atoms with Crippen LogP contribution in [0, 0.1) is 6.92 Å². The number of aromatic nitrogens is 5. The first-order valence-corrected chi connectivity index (χ1v) is 9.72. The molecule has 0 radical (unpaired) electrons. The van der Waals surface area contributed by atoms with Crippen molar-refractivity contribution < 1.29 is 9.21 Å². The Morgan fingerprint density at radius 3 is 2.58 bits per heavy atom. The zero-order valence-corrected chi connectivity index (χ0v) is 16.9. The van der Waals surface area contributed by atoms with E-state index >= 15 is 0 Å². The van der Waals surface area contributed by atoms with E-state index in [0.717, 1.165) is 11.3 Å². The normalized spacial score (nSPS) is 15.4. The first-order chi connectivity index (χ1) is 15.1. The lowest BCUT2D eigenvalue weighted by Gasteiger charge is -2.27. The van der Waals surface area contributed by atoms with Crippen LogP contribution in [0.1, 0.15) is 24.5 Å². The van der Waals surface area contributed by atoms with Crippen molar-refractivity contribution in [1.82, 2.24) is 24.7 Å². The van der Waals surface area contributed by atoms with Crippen LogP contribution in [0.25, 0.3) is 11.4 Å². The monoisotopic (exact) mass is 413 g/mol. The highest BCUT2D eigenvalue weighted by Gasteiger charge is 2.36.